The second kappa shape index (κ2) is 54.8. The molecule has 28 N–H and O–H groups in total. The average Bonchev–Trinajstić information content (AvgIpc) is 1.79. The minimum absolute atomic E-state index is 0.131. The summed E-state index contributed by atoms with van der Waals surface area (Å²) in [4.78, 5) is 312. The molecule has 0 aromatic carbocycles. The van der Waals surface area contributed by atoms with Crippen LogP contribution in [0.3, 0.4) is 0 Å². The number of amides is 18. The lowest BCUT2D eigenvalue weighted by molar-refractivity contribution is -0.146. The number of carbonyl (C=O) groups excluding carboxylic acids is 22. The highest BCUT2D eigenvalue weighted by Gasteiger charge is 2.50. The van der Waals surface area contributed by atoms with Crippen molar-refractivity contribution in [3.63, 3.8) is 0 Å². The molecule has 0 aromatic rings. The van der Waals surface area contributed by atoms with E-state index in [1.807, 2.05) is 0 Å². The Morgan fingerprint density at radius 1 is 0.357 bits per heavy atom. The number of hydrogen-bond donors (Lipinski definition) is 23. The summed E-state index contributed by atoms with van der Waals surface area (Å²) in [6, 6.07) is -15.2. The highest BCUT2D eigenvalue weighted by atomic mass is 16.3. The summed E-state index contributed by atoms with van der Waals surface area (Å²) in [5.41, 5.74) is 9.67. The zero-order chi connectivity index (χ0) is 111. The zero-order valence-corrected chi connectivity index (χ0v) is 89.7. The Kier molecular flexibility index (Phi) is 49.5. The molecule has 1 aliphatic heterocycles. The van der Waals surface area contributed by atoms with Gasteiger partial charge in [0.25, 0.3) is 0 Å². The third-order valence-electron chi connectivity index (χ3n) is 24.5. The number of Topliss-reactive ketones (excluding diaryl/α,β-unsaturated/α-hetero) is 4. The summed E-state index contributed by atoms with van der Waals surface area (Å²) in [6.45, 7) is 39.8. The topological polar surface area (TPSA) is 746 Å². The number of hydrogen-bond acceptors (Lipinski definition) is 27. The van der Waals surface area contributed by atoms with Gasteiger partial charge in [-0.2, -0.15) is 0 Å². The SMILES string of the molecule is CCCCCCCCCCCC(=O)C(C)C(=O)N1CCC[C@H]1C(=O)NC(C)(C)C(=O)NC(C)(C)C(=O)NC(C)(C)C(=O)NC(C)(C)C(=O)N[C@@H](C)C(=O)N[C@@H](C)C(=O)NC(C)(C)C(=O)N[C@H](C(=O)NC(C)(C)C(=O)N[C@@H](CC(=O)[C@H](C)N)C(=O)NC(C)(C)C(=O)N[C@@H](CC(=O)[C@H](C)N)C(=O)NC(C)(C)C(=O)NC(C)(C)C(=O)NC(C)(C)C(=O)N[C@@H](C)C(=O)N[C@H](CO)CCCN=C(N)N)C(C(=O)[C@H](C)N)C(C)C. The highest BCUT2D eigenvalue weighted by Crippen LogP contribution is 2.27. The Hall–Kier alpha value is -11.7. The van der Waals surface area contributed by atoms with E-state index in [9.17, 15) is 111 Å². The van der Waals surface area contributed by atoms with Crippen LogP contribution in [0.4, 0.5) is 0 Å². The molecule has 812 valence electrons. The first-order chi connectivity index (χ1) is 65.2. The van der Waals surface area contributed by atoms with Crippen molar-refractivity contribution in [2.45, 2.75) is 432 Å². The first-order valence-electron chi connectivity index (χ1n) is 48.9. The van der Waals surface area contributed by atoms with Gasteiger partial charge in [0, 0.05) is 32.4 Å². The van der Waals surface area contributed by atoms with Gasteiger partial charge < -0.3 is 129 Å². The molecule has 0 bridgehead atoms. The fourth-order valence-corrected chi connectivity index (χ4v) is 14.3. The van der Waals surface area contributed by atoms with Crippen molar-refractivity contribution in [1.82, 2.24) is 95.3 Å². The van der Waals surface area contributed by atoms with Crippen LogP contribution in [0, 0.1) is 17.8 Å². The van der Waals surface area contributed by atoms with Crippen LogP contribution in [0.25, 0.3) is 0 Å². The Bertz CT molecular complexity index is 4600. The largest absolute Gasteiger partial charge is 0.394 e. The molecule has 0 aromatic heterocycles. The van der Waals surface area contributed by atoms with E-state index < -0.39 is 283 Å². The van der Waals surface area contributed by atoms with Crippen molar-refractivity contribution in [2.24, 2.45) is 51.4 Å². The molecule has 1 aliphatic rings. The lowest BCUT2D eigenvalue weighted by Crippen LogP contribution is -2.68. The molecular formula is C96H170N24O23. The van der Waals surface area contributed by atoms with Crippen molar-refractivity contribution in [1.29, 1.82) is 0 Å². The molecule has 2 unspecified atom stereocenters. The molecule has 1 saturated heterocycles. The van der Waals surface area contributed by atoms with Gasteiger partial charge in [-0.05, 0) is 225 Å². The molecule has 0 radical (unpaired) electrons. The maximum Gasteiger partial charge on any atom is 0.246 e. The molecule has 0 spiro atoms. The Balaban J connectivity index is 3.36. The van der Waals surface area contributed by atoms with Gasteiger partial charge in [-0.15, -0.1) is 0 Å². The first-order valence-corrected chi connectivity index (χ1v) is 48.9. The van der Waals surface area contributed by atoms with Gasteiger partial charge in [-0.1, -0.05) is 72.1 Å². The number of rotatable bonds is 61. The van der Waals surface area contributed by atoms with E-state index in [4.69, 9.17) is 28.7 Å². The van der Waals surface area contributed by atoms with Crippen LogP contribution >= 0.6 is 0 Å². The maximum absolute atomic E-state index is 14.9. The fourth-order valence-electron chi connectivity index (χ4n) is 14.3. The van der Waals surface area contributed by atoms with Crippen molar-refractivity contribution in [3.8, 4) is 0 Å². The predicted octanol–water partition coefficient (Wildman–Crippen LogP) is -2.65. The number of carbonyl (C=O) groups is 22. The van der Waals surface area contributed by atoms with Crippen LogP contribution in [0.5, 0.6) is 0 Å². The van der Waals surface area contributed by atoms with E-state index in [-0.39, 0.29) is 44.1 Å². The fraction of sp³-hybridized carbons (Fsp3) is 0.760. The molecule has 1 rings (SSSR count). The van der Waals surface area contributed by atoms with Crippen LogP contribution in [0.2, 0.25) is 0 Å². The minimum Gasteiger partial charge on any atom is -0.394 e. The molecule has 0 saturated carbocycles. The predicted molar refractivity (Wildman–Crippen MR) is 534 cm³/mol. The number of nitrogens with two attached hydrogens (primary N) is 5. The smallest absolute Gasteiger partial charge is 0.246 e. The molecular weight excluding hydrogens is 1860 g/mol. The second-order valence-corrected chi connectivity index (χ2v) is 43.3. The number of aliphatic hydroxyl groups excluding tert-OH is 1. The molecule has 1 heterocycles. The van der Waals surface area contributed by atoms with Crippen LogP contribution in [0.1, 0.15) is 310 Å². The summed E-state index contributed by atoms with van der Waals surface area (Å²) >= 11 is 0. The van der Waals surface area contributed by atoms with Gasteiger partial charge in [0.05, 0.1) is 42.6 Å². The highest BCUT2D eigenvalue weighted by molar-refractivity contribution is 6.08. The molecule has 1 fully saturated rings. The van der Waals surface area contributed by atoms with Crippen LogP contribution in [-0.2, 0) is 105 Å². The van der Waals surface area contributed by atoms with Crippen molar-refractivity contribution >= 4 is 135 Å². The van der Waals surface area contributed by atoms with Gasteiger partial charge >= 0.3 is 0 Å². The Morgan fingerprint density at radius 3 is 1.04 bits per heavy atom. The van der Waals surface area contributed by atoms with E-state index >= 15 is 0 Å². The second-order valence-electron chi connectivity index (χ2n) is 43.3. The lowest BCUT2D eigenvalue weighted by atomic mass is 9.81. The number of unbranched alkanes of at least 4 members (excludes halogenated alkanes) is 8. The molecule has 13 atom stereocenters. The van der Waals surface area contributed by atoms with E-state index in [1.54, 1.807) is 6.92 Å². The molecule has 0 aliphatic carbocycles. The van der Waals surface area contributed by atoms with Crippen molar-refractivity contribution < 1.29 is 111 Å². The van der Waals surface area contributed by atoms with E-state index in [0.29, 0.717) is 19.3 Å². The van der Waals surface area contributed by atoms with Crippen LogP contribution in [-0.4, -0.2) is 287 Å². The van der Waals surface area contributed by atoms with Crippen LogP contribution < -0.4 is 119 Å². The molecule has 18 amide bonds. The number of aliphatic hydroxyl groups is 1. The lowest BCUT2D eigenvalue weighted by Gasteiger charge is -2.36. The third-order valence-corrected chi connectivity index (χ3v) is 24.5. The zero-order valence-electron chi connectivity index (χ0n) is 89.7. The van der Waals surface area contributed by atoms with E-state index in [1.165, 1.54) is 197 Å². The summed E-state index contributed by atoms with van der Waals surface area (Å²) < 4.78 is 0. The van der Waals surface area contributed by atoms with Crippen molar-refractivity contribution in [2.75, 3.05) is 19.7 Å². The summed E-state index contributed by atoms with van der Waals surface area (Å²) in [5, 5.41) is 52.4. The van der Waals surface area contributed by atoms with Gasteiger partial charge in [-0.3, -0.25) is 110 Å². The quantitative estimate of drug-likeness (QED) is 0.0128. The molecule has 47 heteroatoms. The normalized spacial score (nSPS) is 15.9. The standard InChI is InChI=1S/C96H170N24O23/c1-31-32-33-34-35-36-37-38-39-44-62(122)51(4)75(133)120-46-41-43-61(120)73(131)113-93(23,24)82(140)118-96(29,30)85(143)119-95(27,28)84(142)116-90(17,18)76(134)104-55(8)68(126)103-57(10)70(128)110-89(15,16)80(138)109-66(65(50(2)3)67(125)54(7)99)74(132)114-88(13,14)79(137)108-59(47-63(123)52(5)97)71(129)111-87(11,12)78(136)107-60(48-64(124)53(6)98)72(130)112-92(21,22)81(139)117-94(25,26)83(141)115-91(19,20)77(135)105-56(9)69(127)106-58(49-121)42-40-45-102-86(100)101/h50-61,65-66,121H,31-49,97-99H2,1-30H3,(H,103,126)(H,104,134)(H,105,135)(H,106,127)(H,107,136)(H,108,137)(H,109,138)(H,110,128)(H,111,129)(H,112,130)(H,113,131)(H,114,132)(H,115,141)(H,116,142)(H,117,139)(H,118,140)(H,119,143)(H4,100,101,102)/t51?,52-,53-,54-,55-,56-,57-,58-,59-,60-,61-,65?,66-/m0/s1. The summed E-state index contributed by atoms with van der Waals surface area (Å²) in [5.74, 6) is -23.0. The summed E-state index contributed by atoms with van der Waals surface area (Å²) in [7, 11) is 0. The Labute approximate surface area is 840 Å². The van der Waals surface area contributed by atoms with Gasteiger partial charge in [0.1, 0.15) is 103 Å². The minimum atomic E-state index is -2.18. The molecule has 47 nitrogen and oxygen atoms in total. The Morgan fingerprint density at radius 2 is 0.678 bits per heavy atom. The number of guanidine groups is 1. The first kappa shape index (κ1) is 129. The van der Waals surface area contributed by atoms with Gasteiger partial charge in [-0.25, -0.2) is 0 Å². The van der Waals surface area contributed by atoms with E-state index in [2.05, 4.69) is 102 Å². The van der Waals surface area contributed by atoms with Gasteiger partial charge in [0.15, 0.2) is 23.3 Å². The maximum atomic E-state index is 14.9. The van der Waals surface area contributed by atoms with Crippen molar-refractivity contribution in [3.05, 3.63) is 0 Å². The average molecular weight is 2030 g/mol. The third kappa shape index (κ3) is 41.1. The number of aliphatic imine (C=N–C) groups is 1. The van der Waals surface area contributed by atoms with Crippen LogP contribution in [0.15, 0.2) is 4.99 Å². The number of nitrogens with one attached hydrogen (secondary N) is 17. The molecule has 143 heavy (non-hydrogen) atoms. The monoisotopic (exact) mass is 2030 g/mol. The number of ketones is 4. The van der Waals surface area contributed by atoms with Gasteiger partial charge in [0.2, 0.25) is 106 Å². The number of likely N-dealkylation sites (tertiary alicyclic amines) is 1. The van der Waals surface area contributed by atoms with E-state index in [0.717, 1.165) is 53.4 Å². The summed E-state index contributed by atoms with van der Waals surface area (Å²) in [6.07, 6.45) is 9.61. The number of nitrogens with zero attached hydrogens (tertiary/aromatic N) is 2.